The van der Waals surface area contributed by atoms with Gasteiger partial charge in [-0.2, -0.15) is 22.9 Å². The molecule has 0 N–H and O–H groups in total. The third-order valence-electron chi connectivity index (χ3n) is 6.56. The number of aryl methyl sites for hydroxylation is 2. The van der Waals surface area contributed by atoms with Crippen LogP contribution in [0.2, 0.25) is 0 Å². The van der Waals surface area contributed by atoms with E-state index in [9.17, 15) is 28.1 Å². The average Bonchev–Trinajstić information content (AvgIpc) is 3.21. The Kier molecular flexibility index (Phi) is 7.45. The van der Waals surface area contributed by atoms with E-state index >= 15 is 0 Å². The van der Waals surface area contributed by atoms with Gasteiger partial charge in [-0.3, -0.25) is 14.9 Å². The van der Waals surface area contributed by atoms with Crippen molar-refractivity contribution in [3.05, 3.63) is 120 Å². The van der Waals surface area contributed by atoms with Crippen LogP contribution in [0.3, 0.4) is 0 Å². The second kappa shape index (κ2) is 10.9. The third kappa shape index (κ3) is 5.55. The Morgan fingerprint density at radius 3 is 2.40 bits per heavy atom. The summed E-state index contributed by atoms with van der Waals surface area (Å²) in [6, 6.07) is 15.8. The molecule has 9 nitrogen and oxygen atoms in total. The maximum absolute atomic E-state index is 13.1. The zero-order chi connectivity index (χ0) is 30.3. The van der Waals surface area contributed by atoms with Crippen molar-refractivity contribution in [1.29, 1.82) is 0 Å². The molecule has 0 amide bonds. The third-order valence-corrected chi connectivity index (χ3v) is 7.05. The molecule has 13 heteroatoms. The van der Waals surface area contributed by atoms with Crippen molar-refractivity contribution >= 4 is 38.7 Å². The summed E-state index contributed by atoms with van der Waals surface area (Å²) < 4.78 is 48.5. The van der Waals surface area contributed by atoms with E-state index in [1.807, 2.05) is 30.5 Å². The highest BCUT2D eigenvalue weighted by Gasteiger charge is 2.33. The summed E-state index contributed by atoms with van der Waals surface area (Å²) >= 11 is 3.38. The number of alkyl halides is 3. The number of rotatable bonds is 6. The van der Waals surface area contributed by atoms with Crippen molar-refractivity contribution in [2.24, 2.45) is 5.10 Å². The zero-order valence-electron chi connectivity index (χ0n) is 22.3. The van der Waals surface area contributed by atoms with E-state index in [1.54, 1.807) is 49.5 Å². The Bertz CT molecular complexity index is 1950. The van der Waals surface area contributed by atoms with Crippen LogP contribution < -0.4 is 10.3 Å². The molecule has 0 fully saturated rings. The summed E-state index contributed by atoms with van der Waals surface area (Å²) in [5, 5.41) is 16.2. The van der Waals surface area contributed by atoms with E-state index in [0.717, 1.165) is 39.2 Å². The molecule has 5 rings (SSSR count). The van der Waals surface area contributed by atoms with Crippen molar-refractivity contribution in [3.63, 3.8) is 0 Å². The number of hydrogen-bond acceptors (Lipinski definition) is 6. The Hall–Kier alpha value is -4.78. The van der Waals surface area contributed by atoms with Gasteiger partial charge in [0.25, 0.3) is 5.56 Å². The summed E-state index contributed by atoms with van der Waals surface area (Å²) in [5.41, 5.74) is 1.53. The molecule has 5 aromatic rings. The largest absolute Gasteiger partial charge is 0.450 e. The minimum absolute atomic E-state index is 0.205. The van der Waals surface area contributed by atoms with Gasteiger partial charge in [0.05, 0.1) is 27.6 Å². The van der Waals surface area contributed by atoms with Gasteiger partial charge in [-0.1, -0.05) is 15.9 Å². The topological polar surface area (TPSA) is 105 Å². The second-order valence-electron chi connectivity index (χ2n) is 9.38. The summed E-state index contributed by atoms with van der Waals surface area (Å²) in [7, 11) is 0. The molecule has 0 bridgehead atoms. The highest BCUT2D eigenvalue weighted by Crippen LogP contribution is 2.38. The van der Waals surface area contributed by atoms with Crippen molar-refractivity contribution in [1.82, 2.24) is 14.2 Å². The molecule has 0 aliphatic rings. The monoisotopic (exact) mass is 639 g/mol. The molecule has 3 aromatic carbocycles. The van der Waals surface area contributed by atoms with Crippen LogP contribution in [0.4, 0.5) is 18.9 Å². The molecular weight excluding hydrogens is 619 g/mol. The minimum atomic E-state index is -4.72. The van der Waals surface area contributed by atoms with Crippen LogP contribution in [0.25, 0.3) is 16.6 Å². The van der Waals surface area contributed by atoms with Crippen LogP contribution in [0, 0.1) is 30.9 Å². The van der Waals surface area contributed by atoms with Crippen LogP contribution >= 0.6 is 15.9 Å². The molecule has 0 aliphatic carbocycles. The van der Waals surface area contributed by atoms with Gasteiger partial charge in [0.15, 0.2) is 0 Å². The Balaban J connectivity index is 1.42. The minimum Gasteiger partial charge on any atom is -0.450 e. The smallest absolute Gasteiger partial charge is 0.416 e. The van der Waals surface area contributed by atoms with E-state index in [2.05, 4.69) is 26.0 Å². The number of fused-ring (bicyclic) bond motifs is 1. The fourth-order valence-electron chi connectivity index (χ4n) is 4.54. The van der Waals surface area contributed by atoms with Crippen molar-refractivity contribution in [2.75, 3.05) is 0 Å². The Labute approximate surface area is 244 Å². The number of halogens is 4. The van der Waals surface area contributed by atoms with Crippen LogP contribution in [0.1, 0.15) is 28.3 Å². The number of nitrogens with zero attached hydrogens (tertiary/aromatic N) is 5. The summed E-state index contributed by atoms with van der Waals surface area (Å²) in [4.78, 5) is 28.0. The quantitative estimate of drug-likeness (QED) is 0.109. The number of nitro groups is 1. The molecule has 0 saturated heterocycles. The first-order chi connectivity index (χ1) is 19.8. The first-order valence-electron chi connectivity index (χ1n) is 12.4. The van der Waals surface area contributed by atoms with Gasteiger partial charge in [-0.25, -0.2) is 4.98 Å². The van der Waals surface area contributed by atoms with Gasteiger partial charge >= 0.3 is 11.9 Å². The maximum atomic E-state index is 13.1. The average molecular weight is 640 g/mol. The van der Waals surface area contributed by atoms with E-state index in [-0.39, 0.29) is 17.1 Å². The van der Waals surface area contributed by atoms with Crippen molar-refractivity contribution < 1.29 is 22.8 Å². The number of hydrogen-bond donors (Lipinski definition) is 0. The summed E-state index contributed by atoms with van der Waals surface area (Å²) in [6.45, 7) is 5.48. The van der Waals surface area contributed by atoms with Gasteiger partial charge in [-0.05, 0) is 81.4 Å². The zero-order valence-corrected chi connectivity index (χ0v) is 23.9. The number of nitro benzene ring substituents is 1. The first kappa shape index (κ1) is 28.7. The van der Waals surface area contributed by atoms with Crippen LogP contribution in [-0.2, 0) is 6.18 Å². The maximum Gasteiger partial charge on any atom is 0.416 e. The molecule has 2 heterocycles. The fraction of sp³-hybridized carbons (Fsp3) is 0.138. The lowest BCUT2D eigenvalue weighted by Gasteiger charge is -2.12. The number of aromatic nitrogens is 3. The molecule has 0 aliphatic heterocycles. The van der Waals surface area contributed by atoms with Crippen LogP contribution in [0.15, 0.2) is 81.1 Å². The van der Waals surface area contributed by atoms with E-state index in [4.69, 9.17) is 4.74 Å². The molecule has 0 spiro atoms. The van der Waals surface area contributed by atoms with E-state index < -0.39 is 22.4 Å². The standard InChI is InChI=1S/C29H21BrF3N5O4/c1-16-12-19(15-34-37-18(3)35-25-10-5-21(30)14-24(25)28(37)39)17(2)36(16)22-6-8-23(9-7-22)42-27-11-4-20(29(31,32)33)13-26(27)38(40)41/h4-15H,1-3H3. The first-order valence-corrected chi connectivity index (χ1v) is 13.2. The molecule has 0 saturated carbocycles. The Morgan fingerprint density at radius 1 is 1.02 bits per heavy atom. The summed E-state index contributed by atoms with van der Waals surface area (Å²) in [5.74, 6) is 0.327. The van der Waals surface area contributed by atoms with Gasteiger partial charge in [-0.15, -0.1) is 0 Å². The number of benzene rings is 3. The van der Waals surface area contributed by atoms with Gasteiger partial charge in [0.2, 0.25) is 5.75 Å². The van der Waals surface area contributed by atoms with E-state index in [0.29, 0.717) is 22.8 Å². The fourth-order valence-corrected chi connectivity index (χ4v) is 4.91. The SMILES string of the molecule is Cc1cc(C=Nn2c(C)nc3ccc(Br)cc3c2=O)c(C)n1-c1ccc(Oc2ccc(C(F)(F)F)cc2[N+](=O)[O-])cc1. The van der Waals surface area contributed by atoms with Gasteiger partial charge in [0.1, 0.15) is 11.6 Å². The van der Waals surface area contributed by atoms with Gasteiger partial charge in [0, 0.05) is 33.2 Å². The highest BCUT2D eigenvalue weighted by molar-refractivity contribution is 9.10. The predicted octanol–water partition coefficient (Wildman–Crippen LogP) is 7.48. The van der Waals surface area contributed by atoms with Gasteiger partial charge < -0.3 is 9.30 Å². The second-order valence-corrected chi connectivity index (χ2v) is 10.3. The molecule has 2 aromatic heterocycles. The lowest BCUT2D eigenvalue weighted by Crippen LogP contribution is -2.20. The Morgan fingerprint density at radius 2 is 1.74 bits per heavy atom. The summed E-state index contributed by atoms with van der Waals surface area (Å²) in [6.07, 6.45) is -3.14. The van der Waals surface area contributed by atoms with Crippen LogP contribution in [-0.4, -0.2) is 25.4 Å². The lowest BCUT2D eigenvalue weighted by atomic mass is 10.2. The lowest BCUT2D eigenvalue weighted by molar-refractivity contribution is -0.385. The van der Waals surface area contributed by atoms with Crippen molar-refractivity contribution in [3.8, 4) is 17.2 Å². The van der Waals surface area contributed by atoms with E-state index in [1.165, 1.54) is 4.68 Å². The highest BCUT2D eigenvalue weighted by atomic mass is 79.9. The molecular formula is C29H21BrF3N5O4. The molecule has 0 unspecified atom stereocenters. The molecule has 42 heavy (non-hydrogen) atoms. The predicted molar refractivity (Wildman–Crippen MR) is 155 cm³/mol. The molecule has 0 atom stereocenters. The van der Waals surface area contributed by atoms with Crippen LogP contribution in [0.5, 0.6) is 11.5 Å². The normalized spacial score (nSPS) is 11.9. The van der Waals surface area contributed by atoms with Crippen molar-refractivity contribution in [2.45, 2.75) is 26.9 Å². The number of ether oxygens (including phenoxy) is 1. The molecule has 214 valence electrons. The molecule has 0 radical (unpaired) electrons.